The van der Waals surface area contributed by atoms with E-state index in [2.05, 4.69) is 5.32 Å². The van der Waals surface area contributed by atoms with Crippen LogP contribution in [0.5, 0.6) is 0 Å². The predicted molar refractivity (Wildman–Crippen MR) is 55.6 cm³/mol. The molecule has 0 heterocycles. The first-order chi connectivity index (χ1) is 6.37. The van der Waals surface area contributed by atoms with E-state index in [1.807, 2.05) is 6.92 Å². The minimum absolute atomic E-state index is 0.0156. The first kappa shape index (κ1) is 12.9. The third kappa shape index (κ3) is 6.46. The van der Waals surface area contributed by atoms with Gasteiger partial charge in [-0.15, -0.1) is 0 Å². The Bertz CT molecular complexity index is 212. The molecule has 0 radical (unpaired) electrons. The summed E-state index contributed by atoms with van der Waals surface area (Å²) in [5.74, 6) is -0.413. The average molecular weight is 200 g/mol. The number of nitrogens with one attached hydrogen (secondary N) is 1. The fraction of sp³-hybridized carbons (Fsp3) is 0.800. The molecule has 0 aromatic rings. The Balaban J connectivity index is 3.95. The summed E-state index contributed by atoms with van der Waals surface area (Å²) in [6.07, 6.45) is 2.55. The average Bonchev–Trinajstić information content (AvgIpc) is 1.96. The van der Waals surface area contributed by atoms with E-state index >= 15 is 0 Å². The van der Waals surface area contributed by atoms with Gasteiger partial charge in [-0.3, -0.25) is 9.59 Å². The lowest BCUT2D eigenvalue weighted by atomic mass is 10.00. The Hall–Kier alpha value is -1.06. The van der Waals surface area contributed by atoms with Crippen molar-refractivity contribution in [1.29, 1.82) is 0 Å². The van der Waals surface area contributed by atoms with E-state index < -0.39 is 11.4 Å². The first-order valence-corrected chi connectivity index (χ1v) is 4.96. The number of carbonyl (C=O) groups is 2. The van der Waals surface area contributed by atoms with Gasteiger partial charge in [-0.1, -0.05) is 13.3 Å². The molecule has 82 valence electrons. The number of hydrogen-bond donors (Lipinski definition) is 2. The van der Waals surface area contributed by atoms with Gasteiger partial charge in [-0.05, 0) is 20.3 Å². The summed E-state index contributed by atoms with van der Waals surface area (Å²) in [5.41, 5.74) is 4.53. The molecule has 0 bridgehead atoms. The lowest BCUT2D eigenvalue weighted by molar-refractivity contribution is -0.124. The summed E-state index contributed by atoms with van der Waals surface area (Å²) in [4.78, 5) is 22.0. The van der Waals surface area contributed by atoms with E-state index in [0.29, 0.717) is 6.42 Å². The Labute approximate surface area is 85.2 Å². The van der Waals surface area contributed by atoms with Crippen molar-refractivity contribution < 1.29 is 9.59 Å². The van der Waals surface area contributed by atoms with Gasteiger partial charge in [0, 0.05) is 18.4 Å². The Morgan fingerprint density at radius 3 is 2.36 bits per heavy atom. The lowest BCUT2D eigenvalue weighted by Gasteiger charge is -2.24. The molecule has 0 saturated heterocycles. The van der Waals surface area contributed by atoms with Gasteiger partial charge in [-0.2, -0.15) is 0 Å². The number of nitrogens with two attached hydrogens (primary N) is 1. The highest BCUT2D eigenvalue weighted by atomic mass is 16.2. The normalized spacial score (nSPS) is 11.1. The van der Waals surface area contributed by atoms with Crippen LogP contribution in [0.2, 0.25) is 0 Å². The standard InChI is InChI=1S/C10H20N2O2/c1-4-5-6-9(14)12-10(2,3)7-8(11)13/h4-7H2,1-3H3,(H2,11,13)(H,12,14). The summed E-state index contributed by atoms with van der Waals surface area (Å²) in [6.45, 7) is 5.62. The fourth-order valence-corrected chi connectivity index (χ4v) is 1.26. The molecule has 0 aliphatic rings. The van der Waals surface area contributed by atoms with Gasteiger partial charge < -0.3 is 11.1 Å². The molecular weight excluding hydrogens is 180 g/mol. The van der Waals surface area contributed by atoms with E-state index in [9.17, 15) is 9.59 Å². The minimum Gasteiger partial charge on any atom is -0.370 e. The molecule has 0 aromatic heterocycles. The minimum atomic E-state index is -0.531. The number of rotatable bonds is 6. The molecule has 14 heavy (non-hydrogen) atoms. The van der Waals surface area contributed by atoms with Crippen LogP contribution >= 0.6 is 0 Å². The van der Waals surface area contributed by atoms with E-state index in [0.717, 1.165) is 12.8 Å². The zero-order valence-corrected chi connectivity index (χ0v) is 9.22. The summed E-state index contributed by atoms with van der Waals surface area (Å²) < 4.78 is 0. The SMILES string of the molecule is CCCCC(=O)NC(C)(C)CC(N)=O. The van der Waals surface area contributed by atoms with Crippen LogP contribution in [0.3, 0.4) is 0 Å². The molecule has 0 aliphatic heterocycles. The van der Waals surface area contributed by atoms with Gasteiger partial charge in [0.25, 0.3) is 0 Å². The smallest absolute Gasteiger partial charge is 0.220 e. The second-order valence-corrected chi connectivity index (χ2v) is 4.18. The van der Waals surface area contributed by atoms with Crippen LogP contribution in [0.15, 0.2) is 0 Å². The molecule has 0 unspecified atom stereocenters. The van der Waals surface area contributed by atoms with Gasteiger partial charge in [0.2, 0.25) is 11.8 Å². The lowest BCUT2D eigenvalue weighted by Crippen LogP contribution is -2.45. The molecule has 4 heteroatoms. The highest BCUT2D eigenvalue weighted by molar-refractivity contribution is 5.79. The molecule has 0 aliphatic carbocycles. The molecule has 0 spiro atoms. The number of unbranched alkanes of at least 4 members (excludes halogenated alkanes) is 1. The summed E-state index contributed by atoms with van der Waals surface area (Å²) in [6, 6.07) is 0. The second-order valence-electron chi connectivity index (χ2n) is 4.18. The van der Waals surface area contributed by atoms with E-state index in [1.54, 1.807) is 13.8 Å². The molecule has 0 fully saturated rings. The molecule has 4 nitrogen and oxygen atoms in total. The Morgan fingerprint density at radius 1 is 1.36 bits per heavy atom. The second kappa shape index (κ2) is 5.62. The van der Waals surface area contributed by atoms with Crippen LogP contribution in [0.1, 0.15) is 46.5 Å². The van der Waals surface area contributed by atoms with Crippen molar-refractivity contribution in [1.82, 2.24) is 5.32 Å². The molecule has 0 aromatic carbocycles. The molecule has 2 amide bonds. The molecule has 0 rings (SSSR count). The quantitative estimate of drug-likeness (QED) is 0.670. The predicted octanol–water partition coefficient (Wildman–Crippen LogP) is 0.947. The number of amides is 2. The van der Waals surface area contributed by atoms with Crippen molar-refractivity contribution >= 4 is 11.8 Å². The zero-order chi connectivity index (χ0) is 11.2. The molecular formula is C10H20N2O2. The van der Waals surface area contributed by atoms with E-state index in [-0.39, 0.29) is 12.3 Å². The van der Waals surface area contributed by atoms with Gasteiger partial charge in [-0.25, -0.2) is 0 Å². The van der Waals surface area contributed by atoms with E-state index in [4.69, 9.17) is 5.73 Å². The van der Waals surface area contributed by atoms with Crippen LogP contribution in [0.4, 0.5) is 0 Å². The molecule has 3 N–H and O–H groups in total. The van der Waals surface area contributed by atoms with Gasteiger partial charge in [0.15, 0.2) is 0 Å². The first-order valence-electron chi connectivity index (χ1n) is 4.96. The maximum Gasteiger partial charge on any atom is 0.220 e. The molecule has 0 atom stereocenters. The van der Waals surface area contributed by atoms with Crippen molar-refractivity contribution in [3.63, 3.8) is 0 Å². The summed E-state index contributed by atoms with van der Waals surface area (Å²) in [5, 5.41) is 2.78. The largest absolute Gasteiger partial charge is 0.370 e. The maximum absolute atomic E-state index is 11.3. The Morgan fingerprint density at radius 2 is 1.93 bits per heavy atom. The van der Waals surface area contributed by atoms with Crippen molar-refractivity contribution in [2.75, 3.05) is 0 Å². The van der Waals surface area contributed by atoms with E-state index in [1.165, 1.54) is 0 Å². The van der Waals surface area contributed by atoms with Crippen LogP contribution < -0.4 is 11.1 Å². The van der Waals surface area contributed by atoms with Crippen LogP contribution in [0, 0.1) is 0 Å². The topological polar surface area (TPSA) is 72.2 Å². The number of primary amides is 1. The van der Waals surface area contributed by atoms with Crippen molar-refractivity contribution in [3.05, 3.63) is 0 Å². The van der Waals surface area contributed by atoms with Crippen LogP contribution in [-0.4, -0.2) is 17.4 Å². The van der Waals surface area contributed by atoms with Crippen molar-refractivity contribution in [3.8, 4) is 0 Å². The van der Waals surface area contributed by atoms with Gasteiger partial charge >= 0.3 is 0 Å². The summed E-state index contributed by atoms with van der Waals surface area (Å²) in [7, 11) is 0. The Kier molecular flexibility index (Phi) is 5.20. The summed E-state index contributed by atoms with van der Waals surface area (Å²) >= 11 is 0. The van der Waals surface area contributed by atoms with Crippen LogP contribution in [-0.2, 0) is 9.59 Å². The number of hydrogen-bond acceptors (Lipinski definition) is 2. The van der Waals surface area contributed by atoms with Gasteiger partial charge in [0.05, 0.1) is 0 Å². The van der Waals surface area contributed by atoms with Crippen molar-refractivity contribution in [2.45, 2.75) is 52.0 Å². The highest BCUT2D eigenvalue weighted by Crippen LogP contribution is 2.08. The number of carbonyl (C=O) groups excluding carboxylic acids is 2. The monoisotopic (exact) mass is 200 g/mol. The zero-order valence-electron chi connectivity index (χ0n) is 9.22. The van der Waals surface area contributed by atoms with Crippen LogP contribution in [0.25, 0.3) is 0 Å². The highest BCUT2D eigenvalue weighted by Gasteiger charge is 2.22. The third-order valence-corrected chi connectivity index (χ3v) is 1.85. The third-order valence-electron chi connectivity index (χ3n) is 1.85. The van der Waals surface area contributed by atoms with Gasteiger partial charge in [0.1, 0.15) is 0 Å². The van der Waals surface area contributed by atoms with Crippen molar-refractivity contribution in [2.24, 2.45) is 5.73 Å². The maximum atomic E-state index is 11.3. The fourth-order valence-electron chi connectivity index (χ4n) is 1.26. The molecule has 0 saturated carbocycles.